The highest BCUT2D eigenvalue weighted by atomic mass is 32.1. The molecule has 0 radical (unpaired) electrons. The molecule has 3 aromatic heterocycles. The van der Waals surface area contributed by atoms with E-state index in [2.05, 4.69) is 20.3 Å². The summed E-state index contributed by atoms with van der Waals surface area (Å²) in [5.74, 6) is 0.956. The number of ether oxygens (including phenoxy) is 1. The largest absolute Gasteiger partial charge is 0.486 e. The summed E-state index contributed by atoms with van der Waals surface area (Å²) in [6, 6.07) is 18.6. The van der Waals surface area contributed by atoms with Crippen LogP contribution in [0.2, 0.25) is 0 Å². The molecular formula is C23H17N5O2S. The molecular weight excluding hydrogens is 410 g/mol. The van der Waals surface area contributed by atoms with Crippen LogP contribution in [0.25, 0.3) is 16.9 Å². The topological polar surface area (TPSA) is 81.9 Å². The van der Waals surface area contributed by atoms with Gasteiger partial charge in [-0.25, -0.2) is 15.0 Å². The van der Waals surface area contributed by atoms with Gasteiger partial charge in [0.1, 0.15) is 24.5 Å². The predicted molar refractivity (Wildman–Crippen MR) is 120 cm³/mol. The van der Waals surface area contributed by atoms with Crippen LogP contribution in [0.3, 0.4) is 0 Å². The summed E-state index contributed by atoms with van der Waals surface area (Å²) in [5, 5.41) is 4.80. The standard InChI is InChI=1S/C23H17N5O2S/c29-23(18-5-1-4-8-21(18)30-12-17-13-31-15-26-17)27-16-9-10-22(24-11-16)28-14-25-19-6-2-3-7-20(19)28/h1-11,13-15H,12H2,(H,27,29). The number of nitrogens with one attached hydrogen (secondary N) is 1. The third-order valence-corrected chi connectivity index (χ3v) is 5.33. The molecule has 1 N–H and O–H groups in total. The van der Waals surface area contributed by atoms with E-state index in [-0.39, 0.29) is 5.91 Å². The summed E-state index contributed by atoms with van der Waals surface area (Å²) in [6.07, 6.45) is 3.36. The van der Waals surface area contributed by atoms with Gasteiger partial charge in [-0.1, -0.05) is 24.3 Å². The van der Waals surface area contributed by atoms with Crippen LogP contribution in [0.1, 0.15) is 16.1 Å². The Morgan fingerprint density at radius 2 is 1.87 bits per heavy atom. The summed E-state index contributed by atoms with van der Waals surface area (Å²) in [4.78, 5) is 25.9. The van der Waals surface area contributed by atoms with E-state index in [1.54, 1.807) is 36.2 Å². The molecule has 5 rings (SSSR count). The number of amides is 1. The molecule has 0 atom stereocenters. The lowest BCUT2D eigenvalue weighted by atomic mass is 10.2. The third kappa shape index (κ3) is 4.01. The van der Waals surface area contributed by atoms with E-state index in [0.717, 1.165) is 22.5 Å². The Hall–Kier alpha value is -4.04. The van der Waals surface area contributed by atoms with Crippen molar-refractivity contribution in [1.82, 2.24) is 19.5 Å². The van der Waals surface area contributed by atoms with Crippen LogP contribution in [-0.4, -0.2) is 25.4 Å². The van der Waals surface area contributed by atoms with Crippen LogP contribution in [0.5, 0.6) is 5.75 Å². The van der Waals surface area contributed by atoms with Gasteiger partial charge in [-0.05, 0) is 36.4 Å². The Balaban J connectivity index is 1.32. The highest BCUT2D eigenvalue weighted by Gasteiger charge is 2.13. The second kappa shape index (κ2) is 8.37. The van der Waals surface area contributed by atoms with Gasteiger partial charge in [0, 0.05) is 5.38 Å². The molecule has 0 saturated heterocycles. The molecule has 1 amide bonds. The fourth-order valence-corrected chi connectivity index (χ4v) is 3.73. The fraction of sp³-hybridized carbons (Fsp3) is 0.0435. The maximum atomic E-state index is 12.8. The molecule has 31 heavy (non-hydrogen) atoms. The highest BCUT2D eigenvalue weighted by molar-refractivity contribution is 7.07. The average molecular weight is 427 g/mol. The van der Waals surface area contributed by atoms with Crippen LogP contribution in [-0.2, 0) is 6.61 Å². The molecule has 152 valence electrons. The summed E-state index contributed by atoms with van der Waals surface area (Å²) >= 11 is 1.50. The Bertz CT molecular complexity index is 1330. The molecule has 0 saturated carbocycles. The highest BCUT2D eigenvalue weighted by Crippen LogP contribution is 2.22. The maximum absolute atomic E-state index is 12.8. The molecule has 0 unspecified atom stereocenters. The Morgan fingerprint density at radius 3 is 2.71 bits per heavy atom. The van der Waals surface area contributed by atoms with Crippen LogP contribution in [0, 0.1) is 0 Å². The van der Waals surface area contributed by atoms with Gasteiger partial charge in [0.05, 0.1) is 39.7 Å². The average Bonchev–Trinajstić information content (AvgIpc) is 3.48. The van der Waals surface area contributed by atoms with E-state index in [1.165, 1.54) is 11.3 Å². The number of benzene rings is 2. The normalized spacial score (nSPS) is 10.8. The minimum absolute atomic E-state index is 0.267. The number of fused-ring (bicyclic) bond motifs is 1. The molecule has 7 nitrogen and oxygen atoms in total. The van der Waals surface area contributed by atoms with Crippen LogP contribution in [0.4, 0.5) is 5.69 Å². The van der Waals surface area contributed by atoms with E-state index in [9.17, 15) is 4.79 Å². The van der Waals surface area contributed by atoms with Crippen LogP contribution >= 0.6 is 11.3 Å². The molecule has 0 aliphatic rings. The number of para-hydroxylation sites is 3. The predicted octanol–water partition coefficient (Wildman–Crippen LogP) is 4.71. The monoisotopic (exact) mass is 427 g/mol. The molecule has 0 bridgehead atoms. The number of aromatic nitrogens is 4. The Kier molecular flexibility index (Phi) is 5.12. The van der Waals surface area contributed by atoms with Crippen molar-refractivity contribution in [3.05, 3.63) is 95.3 Å². The van der Waals surface area contributed by atoms with E-state index >= 15 is 0 Å². The number of rotatable bonds is 6. The number of thiazole rings is 1. The minimum Gasteiger partial charge on any atom is -0.486 e. The lowest BCUT2D eigenvalue weighted by Gasteiger charge is -2.11. The second-order valence-electron chi connectivity index (χ2n) is 6.73. The molecule has 3 heterocycles. The van der Waals surface area contributed by atoms with Gasteiger partial charge >= 0.3 is 0 Å². The Morgan fingerprint density at radius 1 is 1.00 bits per heavy atom. The van der Waals surface area contributed by atoms with Crippen molar-refractivity contribution in [2.75, 3.05) is 5.32 Å². The number of carbonyl (C=O) groups excluding carboxylic acids is 1. The fourth-order valence-electron chi connectivity index (χ4n) is 3.18. The number of imidazole rings is 1. The SMILES string of the molecule is O=C(Nc1ccc(-n2cnc3ccccc32)nc1)c1ccccc1OCc1cscn1. The molecule has 0 aliphatic carbocycles. The van der Waals surface area contributed by atoms with Gasteiger partial charge in [-0.2, -0.15) is 0 Å². The second-order valence-corrected chi connectivity index (χ2v) is 7.45. The molecule has 2 aromatic carbocycles. The summed E-state index contributed by atoms with van der Waals surface area (Å²) in [6.45, 7) is 0.308. The number of anilines is 1. The lowest BCUT2D eigenvalue weighted by molar-refractivity contribution is 0.102. The van der Waals surface area contributed by atoms with Gasteiger partial charge < -0.3 is 10.1 Å². The quantitative estimate of drug-likeness (QED) is 0.424. The van der Waals surface area contributed by atoms with Crippen molar-refractivity contribution in [2.45, 2.75) is 6.61 Å². The summed E-state index contributed by atoms with van der Waals surface area (Å²) < 4.78 is 7.71. The zero-order valence-electron chi connectivity index (χ0n) is 16.3. The first-order valence-electron chi connectivity index (χ1n) is 9.57. The Labute approximate surface area is 182 Å². The van der Waals surface area contributed by atoms with Crippen molar-refractivity contribution in [2.24, 2.45) is 0 Å². The zero-order chi connectivity index (χ0) is 21.0. The first kappa shape index (κ1) is 19.0. The molecule has 5 aromatic rings. The summed E-state index contributed by atoms with van der Waals surface area (Å²) in [5.41, 5.74) is 5.48. The number of nitrogens with zero attached hydrogens (tertiary/aromatic N) is 4. The van der Waals surface area contributed by atoms with Gasteiger partial charge in [0.15, 0.2) is 0 Å². The van der Waals surface area contributed by atoms with E-state index < -0.39 is 0 Å². The maximum Gasteiger partial charge on any atom is 0.259 e. The van der Waals surface area contributed by atoms with Gasteiger partial charge in [0.25, 0.3) is 5.91 Å². The van der Waals surface area contributed by atoms with Gasteiger partial charge in [-0.3, -0.25) is 9.36 Å². The van der Waals surface area contributed by atoms with Crippen molar-refractivity contribution in [1.29, 1.82) is 0 Å². The minimum atomic E-state index is -0.267. The van der Waals surface area contributed by atoms with E-state index in [0.29, 0.717) is 23.6 Å². The number of hydrogen-bond acceptors (Lipinski definition) is 6. The molecule has 0 spiro atoms. The number of hydrogen-bond donors (Lipinski definition) is 1. The molecule has 0 fully saturated rings. The third-order valence-electron chi connectivity index (χ3n) is 4.70. The van der Waals surface area contributed by atoms with Gasteiger partial charge in [-0.15, -0.1) is 11.3 Å². The molecule has 0 aliphatic heterocycles. The van der Waals surface area contributed by atoms with Crippen molar-refractivity contribution in [3.63, 3.8) is 0 Å². The van der Waals surface area contributed by atoms with Crippen molar-refractivity contribution >= 4 is 34.0 Å². The van der Waals surface area contributed by atoms with Crippen LogP contribution in [0.15, 0.2) is 84.1 Å². The van der Waals surface area contributed by atoms with E-state index in [4.69, 9.17) is 4.74 Å². The van der Waals surface area contributed by atoms with Crippen molar-refractivity contribution < 1.29 is 9.53 Å². The zero-order valence-corrected chi connectivity index (χ0v) is 17.1. The lowest BCUT2D eigenvalue weighted by Crippen LogP contribution is -2.14. The summed E-state index contributed by atoms with van der Waals surface area (Å²) in [7, 11) is 0. The number of carbonyl (C=O) groups is 1. The van der Waals surface area contributed by atoms with Crippen LogP contribution < -0.4 is 10.1 Å². The number of pyridine rings is 1. The van der Waals surface area contributed by atoms with Crippen molar-refractivity contribution in [3.8, 4) is 11.6 Å². The first-order chi connectivity index (χ1) is 15.3. The smallest absolute Gasteiger partial charge is 0.259 e. The molecule has 8 heteroatoms. The first-order valence-corrected chi connectivity index (χ1v) is 10.5. The van der Waals surface area contributed by atoms with E-state index in [1.807, 2.05) is 52.4 Å². The van der Waals surface area contributed by atoms with Gasteiger partial charge in [0.2, 0.25) is 0 Å².